The zero-order valence-electron chi connectivity index (χ0n) is 13.9. The molecule has 24 heavy (non-hydrogen) atoms. The minimum atomic E-state index is -0.779. The molecule has 0 aromatic heterocycles. The van der Waals surface area contributed by atoms with E-state index in [1.54, 1.807) is 56.6 Å². The van der Waals surface area contributed by atoms with Gasteiger partial charge >= 0.3 is 0 Å². The Hall–Kier alpha value is -2.40. The zero-order valence-corrected chi connectivity index (χ0v) is 13.9. The fraction of sp³-hybridized carbons (Fsp3) is 0.316. The molecule has 0 heterocycles. The molecule has 1 amide bonds. The first-order valence-electron chi connectivity index (χ1n) is 7.80. The lowest BCUT2D eigenvalue weighted by Gasteiger charge is -2.21. The molecule has 2 aromatic carbocycles. The lowest BCUT2D eigenvalue weighted by atomic mass is 10.1. The van der Waals surface area contributed by atoms with Crippen molar-refractivity contribution in [2.45, 2.75) is 18.9 Å². The summed E-state index contributed by atoms with van der Waals surface area (Å²) in [5.41, 5.74) is 1.24. The normalized spacial score (nSPS) is 11.8. The monoisotopic (exact) mass is 331 g/mol. The second-order valence-electron chi connectivity index (χ2n) is 5.65. The topological polar surface area (TPSA) is 49.8 Å². The molecule has 0 saturated carbocycles. The molecule has 0 aliphatic rings. The van der Waals surface area contributed by atoms with Crippen LogP contribution in [-0.2, 0) is 11.2 Å². The van der Waals surface area contributed by atoms with Gasteiger partial charge in [-0.25, -0.2) is 4.39 Å². The Morgan fingerprint density at radius 2 is 1.88 bits per heavy atom. The van der Waals surface area contributed by atoms with E-state index in [2.05, 4.69) is 0 Å². The number of carbonyl (C=O) groups is 1. The summed E-state index contributed by atoms with van der Waals surface area (Å²) in [5, 5.41) is 10.2. The van der Waals surface area contributed by atoms with Gasteiger partial charge in [-0.2, -0.15) is 0 Å². The Morgan fingerprint density at radius 1 is 1.21 bits per heavy atom. The molecule has 0 saturated heterocycles. The molecule has 4 nitrogen and oxygen atoms in total. The number of hydrogen-bond acceptors (Lipinski definition) is 3. The summed E-state index contributed by atoms with van der Waals surface area (Å²) in [4.78, 5) is 13.6. The largest absolute Gasteiger partial charge is 0.497 e. The van der Waals surface area contributed by atoms with E-state index in [1.165, 1.54) is 11.0 Å². The summed E-state index contributed by atoms with van der Waals surface area (Å²) in [5.74, 6) is 0.275. The van der Waals surface area contributed by atoms with Gasteiger partial charge in [0, 0.05) is 13.5 Å². The third kappa shape index (κ3) is 4.80. The van der Waals surface area contributed by atoms with Crippen molar-refractivity contribution in [2.24, 2.45) is 0 Å². The highest BCUT2D eigenvalue weighted by molar-refractivity contribution is 5.76. The fourth-order valence-electron chi connectivity index (χ4n) is 2.43. The van der Waals surface area contributed by atoms with Crippen LogP contribution in [0.1, 0.15) is 23.7 Å². The van der Waals surface area contributed by atoms with Gasteiger partial charge < -0.3 is 14.7 Å². The van der Waals surface area contributed by atoms with Crippen LogP contribution in [0.15, 0.2) is 48.5 Å². The Morgan fingerprint density at radius 3 is 2.50 bits per heavy atom. The van der Waals surface area contributed by atoms with Gasteiger partial charge in [0.2, 0.25) is 5.91 Å². The number of ether oxygens (including phenoxy) is 1. The maximum Gasteiger partial charge on any atom is 0.222 e. The highest BCUT2D eigenvalue weighted by atomic mass is 19.1. The van der Waals surface area contributed by atoms with E-state index in [4.69, 9.17) is 4.74 Å². The molecule has 5 heteroatoms. The van der Waals surface area contributed by atoms with Crippen LogP contribution in [0.25, 0.3) is 0 Å². The van der Waals surface area contributed by atoms with E-state index < -0.39 is 6.10 Å². The SMILES string of the molecule is COc1ccc(C(O)CN(C)C(=O)CCc2ccccc2F)cc1. The maximum absolute atomic E-state index is 13.6. The van der Waals surface area contributed by atoms with Crippen LogP contribution in [0, 0.1) is 5.82 Å². The summed E-state index contributed by atoms with van der Waals surface area (Å²) in [7, 11) is 3.21. The molecule has 0 fully saturated rings. The number of amides is 1. The quantitative estimate of drug-likeness (QED) is 0.849. The average molecular weight is 331 g/mol. The van der Waals surface area contributed by atoms with Crippen molar-refractivity contribution in [3.8, 4) is 5.75 Å². The molecule has 128 valence electrons. The second-order valence-corrected chi connectivity index (χ2v) is 5.65. The van der Waals surface area contributed by atoms with E-state index in [9.17, 15) is 14.3 Å². The molecule has 0 bridgehead atoms. The van der Waals surface area contributed by atoms with Gasteiger partial charge in [-0.3, -0.25) is 4.79 Å². The lowest BCUT2D eigenvalue weighted by Crippen LogP contribution is -2.31. The number of carbonyl (C=O) groups excluding carboxylic acids is 1. The molecular weight excluding hydrogens is 309 g/mol. The van der Waals surface area contributed by atoms with Crippen LogP contribution in [0.5, 0.6) is 5.75 Å². The van der Waals surface area contributed by atoms with Gasteiger partial charge in [-0.1, -0.05) is 30.3 Å². The highest BCUT2D eigenvalue weighted by Gasteiger charge is 2.16. The number of aryl methyl sites for hydroxylation is 1. The predicted octanol–water partition coefficient (Wildman–Crippen LogP) is 2.96. The zero-order chi connectivity index (χ0) is 17.5. The number of rotatable bonds is 7. The van der Waals surface area contributed by atoms with Gasteiger partial charge in [0.05, 0.1) is 19.8 Å². The summed E-state index contributed by atoms with van der Waals surface area (Å²) in [6, 6.07) is 13.5. The Bertz CT molecular complexity index is 673. The van der Waals surface area contributed by atoms with Crippen LogP contribution in [0.3, 0.4) is 0 Å². The summed E-state index contributed by atoms with van der Waals surface area (Å²) < 4.78 is 18.6. The molecular formula is C19H22FNO3. The van der Waals surface area contributed by atoms with Crippen molar-refractivity contribution in [1.82, 2.24) is 4.90 Å². The van der Waals surface area contributed by atoms with Crippen LogP contribution >= 0.6 is 0 Å². The first-order chi connectivity index (χ1) is 11.5. The van der Waals surface area contributed by atoms with Crippen molar-refractivity contribution >= 4 is 5.91 Å². The van der Waals surface area contributed by atoms with Crippen molar-refractivity contribution in [3.05, 3.63) is 65.5 Å². The van der Waals surface area contributed by atoms with E-state index >= 15 is 0 Å². The molecule has 1 N–H and O–H groups in total. The van der Waals surface area contributed by atoms with Crippen LogP contribution in [0.2, 0.25) is 0 Å². The minimum Gasteiger partial charge on any atom is -0.497 e. The number of halogens is 1. The molecule has 1 unspecified atom stereocenters. The number of methoxy groups -OCH3 is 1. The maximum atomic E-state index is 13.6. The summed E-state index contributed by atoms with van der Waals surface area (Å²) >= 11 is 0. The number of benzene rings is 2. The lowest BCUT2D eigenvalue weighted by molar-refractivity contribution is -0.131. The van der Waals surface area contributed by atoms with Gasteiger partial charge in [0.1, 0.15) is 11.6 Å². The number of aliphatic hydroxyl groups excluding tert-OH is 1. The van der Waals surface area contributed by atoms with Crippen molar-refractivity contribution in [1.29, 1.82) is 0 Å². The molecule has 0 radical (unpaired) electrons. The molecule has 0 aliphatic carbocycles. The molecule has 0 aliphatic heterocycles. The third-order valence-electron chi connectivity index (χ3n) is 3.94. The van der Waals surface area contributed by atoms with E-state index in [0.717, 1.165) is 0 Å². The first kappa shape index (κ1) is 17.9. The van der Waals surface area contributed by atoms with Crippen molar-refractivity contribution in [3.63, 3.8) is 0 Å². The van der Waals surface area contributed by atoms with Gasteiger partial charge in [0.25, 0.3) is 0 Å². The predicted molar refractivity (Wildman–Crippen MR) is 90.3 cm³/mol. The standard InChI is InChI=1S/C19H22FNO3/c1-21(13-18(22)15-7-10-16(24-2)11-8-15)19(23)12-9-14-5-3-4-6-17(14)20/h3-8,10-11,18,22H,9,12-13H2,1-2H3. The second kappa shape index (κ2) is 8.45. The first-order valence-corrected chi connectivity index (χ1v) is 7.80. The summed E-state index contributed by atoms with van der Waals surface area (Å²) in [6.45, 7) is 0.183. The van der Waals surface area contributed by atoms with Crippen LogP contribution < -0.4 is 4.74 Å². The highest BCUT2D eigenvalue weighted by Crippen LogP contribution is 2.18. The molecule has 2 aromatic rings. The van der Waals surface area contributed by atoms with E-state index in [0.29, 0.717) is 23.3 Å². The number of likely N-dealkylation sites (N-methyl/N-ethyl adjacent to an activating group) is 1. The molecule has 2 rings (SSSR count). The van der Waals surface area contributed by atoms with Gasteiger partial charge in [-0.05, 0) is 35.7 Å². The number of hydrogen-bond donors (Lipinski definition) is 1. The third-order valence-corrected chi connectivity index (χ3v) is 3.94. The minimum absolute atomic E-state index is 0.134. The van der Waals surface area contributed by atoms with Crippen LogP contribution in [-0.4, -0.2) is 36.6 Å². The molecule has 1 atom stereocenters. The summed E-state index contributed by atoms with van der Waals surface area (Å²) in [6.07, 6.45) is -0.236. The number of nitrogens with zero attached hydrogens (tertiary/aromatic N) is 1. The number of aliphatic hydroxyl groups is 1. The Labute approximate surface area is 141 Å². The average Bonchev–Trinajstić information content (AvgIpc) is 2.60. The van der Waals surface area contributed by atoms with Gasteiger partial charge in [-0.15, -0.1) is 0 Å². The van der Waals surface area contributed by atoms with Gasteiger partial charge in [0.15, 0.2) is 0 Å². The smallest absolute Gasteiger partial charge is 0.222 e. The van der Waals surface area contributed by atoms with Crippen molar-refractivity contribution < 1.29 is 19.0 Å². The Kier molecular flexibility index (Phi) is 6.32. The van der Waals surface area contributed by atoms with E-state index in [-0.39, 0.29) is 24.7 Å². The van der Waals surface area contributed by atoms with E-state index in [1.807, 2.05) is 0 Å². The molecule has 0 spiro atoms. The fourth-order valence-corrected chi connectivity index (χ4v) is 2.43. The van der Waals surface area contributed by atoms with Crippen LogP contribution in [0.4, 0.5) is 4.39 Å². The Balaban J connectivity index is 1.87. The van der Waals surface area contributed by atoms with Crippen molar-refractivity contribution in [2.75, 3.05) is 20.7 Å².